The van der Waals surface area contributed by atoms with Crippen LogP contribution in [0.1, 0.15) is 13.3 Å². The van der Waals surface area contributed by atoms with E-state index in [4.69, 9.17) is 11.6 Å². The molecule has 6 heteroatoms. The van der Waals surface area contributed by atoms with Crippen LogP contribution < -0.4 is 5.32 Å². The Kier molecular flexibility index (Phi) is 5.89. The number of thioether (sulfide) groups is 1. The number of carbonyl (C=O) groups excluding carboxylic acids is 1. The molecule has 0 spiro atoms. The first-order valence-electron chi connectivity index (χ1n) is 8.09. The van der Waals surface area contributed by atoms with E-state index in [1.54, 1.807) is 0 Å². The number of rotatable bonds is 6. The molecule has 0 bridgehead atoms. The molecule has 25 heavy (non-hydrogen) atoms. The topological polar surface area (TPSA) is 54.9 Å². The van der Waals surface area contributed by atoms with Gasteiger partial charge in [0.05, 0.1) is 11.3 Å². The van der Waals surface area contributed by atoms with Crippen LogP contribution in [-0.2, 0) is 4.79 Å². The molecular formula is C19H18ClN3OS. The molecule has 1 N–H and O–H groups in total. The molecule has 0 saturated carbocycles. The zero-order valence-electron chi connectivity index (χ0n) is 13.8. The third kappa shape index (κ3) is 4.50. The van der Waals surface area contributed by atoms with Crippen molar-refractivity contribution in [2.24, 2.45) is 0 Å². The lowest BCUT2D eigenvalue weighted by Crippen LogP contribution is -2.25. The van der Waals surface area contributed by atoms with Crippen molar-refractivity contribution in [3.63, 3.8) is 0 Å². The normalized spacial score (nSPS) is 10.8. The maximum atomic E-state index is 11.9. The number of aromatic nitrogens is 2. The summed E-state index contributed by atoms with van der Waals surface area (Å²) in [6.07, 6.45) is 0.917. The average Bonchev–Trinajstić information content (AvgIpc) is 2.65. The van der Waals surface area contributed by atoms with E-state index in [1.807, 2.05) is 55.5 Å². The monoisotopic (exact) mass is 371 g/mol. The van der Waals surface area contributed by atoms with Crippen molar-refractivity contribution >= 4 is 40.2 Å². The molecule has 0 aliphatic carbocycles. The fourth-order valence-corrected chi connectivity index (χ4v) is 3.36. The molecule has 4 nitrogen and oxygen atoms in total. The molecule has 0 saturated heterocycles. The largest absolute Gasteiger partial charge is 0.355 e. The van der Waals surface area contributed by atoms with Gasteiger partial charge < -0.3 is 5.32 Å². The molecule has 2 aromatic carbocycles. The minimum absolute atomic E-state index is 0.00176. The van der Waals surface area contributed by atoms with Gasteiger partial charge in [-0.2, -0.15) is 0 Å². The van der Waals surface area contributed by atoms with E-state index < -0.39 is 0 Å². The number of nitrogens with zero attached hydrogens (tertiary/aromatic N) is 2. The molecule has 1 aromatic heterocycles. The summed E-state index contributed by atoms with van der Waals surface area (Å²) in [5.74, 6) is 0.959. The molecule has 1 heterocycles. The van der Waals surface area contributed by atoms with E-state index in [-0.39, 0.29) is 5.91 Å². The van der Waals surface area contributed by atoms with Crippen LogP contribution >= 0.6 is 23.4 Å². The molecular weight excluding hydrogens is 354 g/mol. The lowest BCUT2D eigenvalue weighted by Gasteiger charge is -2.09. The highest BCUT2D eigenvalue weighted by atomic mass is 35.5. The van der Waals surface area contributed by atoms with Crippen molar-refractivity contribution in [3.8, 4) is 11.4 Å². The molecule has 1 amide bonds. The Hall–Kier alpha value is -2.11. The van der Waals surface area contributed by atoms with Gasteiger partial charge in [0.25, 0.3) is 0 Å². The first-order chi connectivity index (χ1) is 12.2. The Labute approximate surface area is 156 Å². The molecule has 3 rings (SSSR count). The van der Waals surface area contributed by atoms with Crippen LogP contribution in [0, 0.1) is 0 Å². The third-order valence-corrected chi connectivity index (χ3v) is 4.79. The van der Waals surface area contributed by atoms with Gasteiger partial charge in [-0.3, -0.25) is 4.79 Å². The predicted molar refractivity (Wildman–Crippen MR) is 104 cm³/mol. The highest BCUT2D eigenvalue weighted by Gasteiger charge is 2.12. The highest BCUT2D eigenvalue weighted by Crippen LogP contribution is 2.30. The average molecular weight is 372 g/mol. The van der Waals surface area contributed by atoms with E-state index in [1.165, 1.54) is 11.8 Å². The zero-order chi connectivity index (χ0) is 17.6. The number of halogens is 1. The quantitative estimate of drug-likeness (QED) is 0.509. The Bertz CT molecular complexity index is 886. The van der Waals surface area contributed by atoms with Gasteiger partial charge in [0.15, 0.2) is 5.82 Å². The van der Waals surface area contributed by atoms with Crippen LogP contribution in [0.4, 0.5) is 0 Å². The first kappa shape index (κ1) is 17.7. The smallest absolute Gasteiger partial charge is 0.230 e. The Morgan fingerprint density at radius 1 is 1.16 bits per heavy atom. The van der Waals surface area contributed by atoms with Gasteiger partial charge in [-0.15, -0.1) is 0 Å². The van der Waals surface area contributed by atoms with Crippen LogP contribution in [0.3, 0.4) is 0 Å². The van der Waals surface area contributed by atoms with Crippen molar-refractivity contribution in [2.45, 2.75) is 18.4 Å². The van der Waals surface area contributed by atoms with Gasteiger partial charge in [-0.1, -0.05) is 60.6 Å². The molecule has 0 aliphatic heterocycles. The van der Waals surface area contributed by atoms with E-state index in [2.05, 4.69) is 15.3 Å². The van der Waals surface area contributed by atoms with E-state index >= 15 is 0 Å². The van der Waals surface area contributed by atoms with E-state index in [0.29, 0.717) is 23.1 Å². The summed E-state index contributed by atoms with van der Waals surface area (Å²) in [6, 6.07) is 15.3. The standard InChI is InChI=1S/C19H18ClN3OS/c1-2-10-21-17(24)12-25-19-15-11-14(20)8-9-16(15)22-18(23-19)13-6-4-3-5-7-13/h3-9,11H,2,10,12H2,1H3,(H,21,24). The number of fused-ring (bicyclic) bond motifs is 1. The minimum atomic E-state index is 0.00176. The van der Waals surface area contributed by atoms with Gasteiger partial charge in [-0.25, -0.2) is 9.97 Å². The first-order valence-corrected chi connectivity index (χ1v) is 9.46. The molecule has 0 aliphatic rings. The second-order valence-corrected chi connectivity index (χ2v) is 6.92. The van der Waals surface area contributed by atoms with Gasteiger partial charge >= 0.3 is 0 Å². The summed E-state index contributed by atoms with van der Waals surface area (Å²) in [7, 11) is 0. The van der Waals surface area contributed by atoms with E-state index in [0.717, 1.165) is 27.9 Å². The SMILES string of the molecule is CCCNC(=O)CSc1nc(-c2ccccc2)nc2ccc(Cl)cc12. The summed E-state index contributed by atoms with van der Waals surface area (Å²) in [6.45, 7) is 2.71. The van der Waals surface area contributed by atoms with Crippen LogP contribution in [0.25, 0.3) is 22.3 Å². The van der Waals surface area contributed by atoms with Gasteiger partial charge in [0.2, 0.25) is 5.91 Å². The van der Waals surface area contributed by atoms with Crippen molar-refractivity contribution in [2.75, 3.05) is 12.3 Å². The second kappa shape index (κ2) is 8.32. The molecule has 0 fully saturated rings. The lowest BCUT2D eigenvalue weighted by molar-refractivity contribution is -0.118. The Morgan fingerprint density at radius 3 is 2.72 bits per heavy atom. The van der Waals surface area contributed by atoms with Gasteiger partial charge in [0.1, 0.15) is 5.03 Å². The fourth-order valence-electron chi connectivity index (χ4n) is 2.35. The van der Waals surface area contributed by atoms with Crippen molar-refractivity contribution in [1.82, 2.24) is 15.3 Å². The number of hydrogen-bond acceptors (Lipinski definition) is 4. The molecule has 0 unspecified atom stereocenters. The van der Waals surface area contributed by atoms with Crippen LogP contribution in [0.5, 0.6) is 0 Å². The predicted octanol–water partition coefficient (Wildman–Crippen LogP) is 4.57. The number of hydrogen-bond donors (Lipinski definition) is 1. The third-order valence-electron chi connectivity index (χ3n) is 3.57. The summed E-state index contributed by atoms with van der Waals surface area (Å²) < 4.78 is 0. The van der Waals surface area contributed by atoms with Crippen molar-refractivity contribution in [1.29, 1.82) is 0 Å². The van der Waals surface area contributed by atoms with Crippen LogP contribution in [0.15, 0.2) is 53.6 Å². The Balaban J connectivity index is 1.96. The van der Waals surface area contributed by atoms with Gasteiger partial charge in [-0.05, 0) is 24.6 Å². The zero-order valence-corrected chi connectivity index (χ0v) is 15.4. The maximum absolute atomic E-state index is 11.9. The number of carbonyl (C=O) groups is 1. The highest BCUT2D eigenvalue weighted by molar-refractivity contribution is 8.00. The summed E-state index contributed by atoms with van der Waals surface area (Å²) in [5, 5.41) is 5.13. The fraction of sp³-hybridized carbons (Fsp3) is 0.211. The Morgan fingerprint density at radius 2 is 1.96 bits per heavy atom. The molecule has 128 valence electrons. The minimum Gasteiger partial charge on any atom is -0.355 e. The molecule has 0 radical (unpaired) electrons. The second-order valence-electron chi connectivity index (χ2n) is 5.52. The molecule has 0 atom stereocenters. The lowest BCUT2D eigenvalue weighted by atomic mass is 10.2. The van der Waals surface area contributed by atoms with Crippen molar-refractivity contribution in [3.05, 3.63) is 53.6 Å². The molecule has 3 aromatic rings. The van der Waals surface area contributed by atoms with Crippen LogP contribution in [0.2, 0.25) is 5.02 Å². The number of nitrogens with one attached hydrogen (secondary N) is 1. The van der Waals surface area contributed by atoms with Crippen molar-refractivity contribution < 1.29 is 4.79 Å². The van der Waals surface area contributed by atoms with Gasteiger partial charge in [0, 0.05) is 22.5 Å². The summed E-state index contributed by atoms with van der Waals surface area (Å²) in [4.78, 5) is 21.2. The van der Waals surface area contributed by atoms with E-state index in [9.17, 15) is 4.79 Å². The summed E-state index contributed by atoms with van der Waals surface area (Å²) in [5.41, 5.74) is 1.76. The number of benzene rings is 2. The number of amides is 1. The summed E-state index contributed by atoms with van der Waals surface area (Å²) >= 11 is 7.54. The maximum Gasteiger partial charge on any atom is 0.230 e. The van der Waals surface area contributed by atoms with Crippen LogP contribution in [-0.4, -0.2) is 28.2 Å².